The van der Waals surface area contributed by atoms with Crippen molar-refractivity contribution in [2.45, 2.75) is 13.5 Å². The van der Waals surface area contributed by atoms with Crippen molar-refractivity contribution >= 4 is 23.0 Å². The quantitative estimate of drug-likeness (QED) is 0.633. The molecule has 0 aromatic heterocycles. The number of amides is 1. The third kappa shape index (κ3) is 3.75. The number of carbonyl (C=O) groups is 2. The van der Waals surface area contributed by atoms with Crippen molar-refractivity contribution in [3.05, 3.63) is 77.4 Å². The first-order valence-electron chi connectivity index (χ1n) is 8.48. The van der Waals surface area contributed by atoms with E-state index in [1.807, 2.05) is 61.5 Å². The van der Waals surface area contributed by atoms with Gasteiger partial charge in [-0.1, -0.05) is 54.6 Å². The molecule has 0 unspecified atom stereocenters. The Balaban J connectivity index is 1.70. The Hall–Kier alpha value is -3.14. The molecule has 0 atom stereocenters. The molecule has 0 aliphatic heterocycles. The van der Waals surface area contributed by atoms with Gasteiger partial charge in [0.25, 0.3) is 5.91 Å². The van der Waals surface area contributed by atoms with E-state index in [0.717, 1.165) is 28.2 Å². The second kappa shape index (κ2) is 7.83. The molecule has 0 spiro atoms. The molecule has 0 aliphatic carbocycles. The maximum Gasteiger partial charge on any atom is 0.260 e. The summed E-state index contributed by atoms with van der Waals surface area (Å²) in [4.78, 5) is 25.6. The van der Waals surface area contributed by atoms with Gasteiger partial charge < -0.3 is 9.64 Å². The first kappa shape index (κ1) is 17.7. The number of nitrogens with zero attached hydrogens (tertiary/aromatic N) is 1. The average Bonchev–Trinajstić information content (AvgIpc) is 2.67. The summed E-state index contributed by atoms with van der Waals surface area (Å²) < 4.78 is 5.66. The van der Waals surface area contributed by atoms with Crippen LogP contribution >= 0.6 is 0 Å². The highest BCUT2D eigenvalue weighted by atomic mass is 16.5. The zero-order chi connectivity index (χ0) is 18.5. The fourth-order valence-corrected chi connectivity index (χ4v) is 2.90. The predicted octanol–water partition coefficient (Wildman–Crippen LogP) is 4.00. The first-order valence-corrected chi connectivity index (χ1v) is 8.48. The van der Waals surface area contributed by atoms with Crippen LogP contribution in [-0.2, 0) is 11.3 Å². The molecule has 1 amide bonds. The van der Waals surface area contributed by atoms with Crippen LogP contribution in [0, 0.1) is 6.92 Å². The average molecular weight is 347 g/mol. The van der Waals surface area contributed by atoms with Crippen molar-refractivity contribution < 1.29 is 14.3 Å². The lowest BCUT2D eigenvalue weighted by Gasteiger charge is -2.19. The Morgan fingerprint density at radius 2 is 1.77 bits per heavy atom. The summed E-state index contributed by atoms with van der Waals surface area (Å²) in [6, 6.07) is 19.2. The predicted molar refractivity (Wildman–Crippen MR) is 102 cm³/mol. The largest absolute Gasteiger partial charge is 0.483 e. The lowest BCUT2D eigenvalue weighted by Crippen LogP contribution is -2.31. The van der Waals surface area contributed by atoms with E-state index in [-0.39, 0.29) is 12.5 Å². The molecule has 3 aromatic carbocycles. The molecule has 26 heavy (non-hydrogen) atoms. The highest BCUT2D eigenvalue weighted by Crippen LogP contribution is 2.26. The fraction of sp³-hybridized carbons (Fsp3) is 0.182. The Morgan fingerprint density at radius 3 is 2.54 bits per heavy atom. The number of aldehydes is 1. The van der Waals surface area contributed by atoms with Crippen LogP contribution in [0.3, 0.4) is 0 Å². The fourth-order valence-electron chi connectivity index (χ4n) is 2.90. The van der Waals surface area contributed by atoms with Gasteiger partial charge in [0.05, 0.1) is 5.56 Å². The summed E-state index contributed by atoms with van der Waals surface area (Å²) in [5, 5.41) is 1.78. The number of carbonyl (C=O) groups excluding carboxylic acids is 2. The lowest BCUT2D eigenvalue weighted by molar-refractivity contribution is -0.132. The molecule has 0 saturated heterocycles. The van der Waals surface area contributed by atoms with E-state index >= 15 is 0 Å². The zero-order valence-corrected chi connectivity index (χ0v) is 14.9. The maximum absolute atomic E-state index is 12.4. The standard InChI is InChI=1S/C22H21NO3/c1-16-7-3-4-9-18(16)13-23(2)22(25)15-26-21-12-11-17-8-5-6-10-19(17)20(21)14-24/h3-12,14H,13,15H2,1-2H3. The Morgan fingerprint density at radius 1 is 1.04 bits per heavy atom. The summed E-state index contributed by atoms with van der Waals surface area (Å²) in [6.07, 6.45) is 0.777. The molecule has 0 fully saturated rings. The highest BCUT2D eigenvalue weighted by molar-refractivity contribution is 6.00. The van der Waals surface area contributed by atoms with Crippen molar-refractivity contribution in [3.63, 3.8) is 0 Å². The lowest BCUT2D eigenvalue weighted by atomic mass is 10.0. The molecule has 4 heteroatoms. The summed E-state index contributed by atoms with van der Waals surface area (Å²) >= 11 is 0. The van der Waals surface area contributed by atoms with Crippen molar-refractivity contribution in [1.29, 1.82) is 0 Å². The van der Waals surface area contributed by atoms with Crippen LogP contribution in [0.25, 0.3) is 10.8 Å². The minimum absolute atomic E-state index is 0.110. The van der Waals surface area contributed by atoms with Crippen LogP contribution in [0.5, 0.6) is 5.75 Å². The summed E-state index contributed by atoms with van der Waals surface area (Å²) in [6.45, 7) is 2.43. The van der Waals surface area contributed by atoms with Crippen molar-refractivity contribution in [3.8, 4) is 5.75 Å². The van der Waals surface area contributed by atoms with Gasteiger partial charge in [-0.2, -0.15) is 0 Å². The molecular weight excluding hydrogens is 326 g/mol. The molecule has 0 saturated carbocycles. The van der Waals surface area contributed by atoms with Crippen molar-refractivity contribution in [2.24, 2.45) is 0 Å². The van der Waals surface area contributed by atoms with E-state index in [1.165, 1.54) is 0 Å². The monoisotopic (exact) mass is 347 g/mol. The number of benzene rings is 3. The Bertz CT molecular complexity index is 949. The van der Waals surface area contributed by atoms with Crippen molar-refractivity contribution in [2.75, 3.05) is 13.7 Å². The molecule has 3 aromatic rings. The third-order valence-electron chi connectivity index (χ3n) is 4.49. The zero-order valence-electron chi connectivity index (χ0n) is 14.9. The molecule has 3 rings (SSSR count). The van der Waals surface area contributed by atoms with Gasteiger partial charge >= 0.3 is 0 Å². The third-order valence-corrected chi connectivity index (χ3v) is 4.49. The highest BCUT2D eigenvalue weighted by Gasteiger charge is 2.14. The Labute approximate surface area is 153 Å². The normalized spacial score (nSPS) is 10.5. The second-order valence-electron chi connectivity index (χ2n) is 6.28. The minimum atomic E-state index is -0.140. The molecule has 4 nitrogen and oxygen atoms in total. The van der Waals surface area contributed by atoms with Crippen LogP contribution in [0.1, 0.15) is 21.5 Å². The number of aryl methyl sites for hydroxylation is 1. The van der Waals surface area contributed by atoms with Gasteiger partial charge in [-0.3, -0.25) is 9.59 Å². The Kier molecular flexibility index (Phi) is 5.32. The number of hydrogen-bond acceptors (Lipinski definition) is 3. The van der Waals surface area contributed by atoms with Gasteiger partial charge in [0.1, 0.15) is 5.75 Å². The van der Waals surface area contributed by atoms with E-state index in [2.05, 4.69) is 0 Å². The van der Waals surface area contributed by atoms with Gasteiger partial charge in [-0.05, 0) is 34.9 Å². The molecule has 132 valence electrons. The van der Waals surface area contributed by atoms with Gasteiger partial charge in [0.15, 0.2) is 12.9 Å². The minimum Gasteiger partial charge on any atom is -0.483 e. The van der Waals surface area contributed by atoms with E-state index < -0.39 is 0 Å². The SMILES string of the molecule is Cc1ccccc1CN(C)C(=O)COc1ccc2ccccc2c1C=O. The van der Waals surface area contributed by atoms with E-state index in [1.54, 1.807) is 18.0 Å². The molecule has 0 radical (unpaired) electrons. The summed E-state index contributed by atoms with van der Waals surface area (Å²) in [5.41, 5.74) is 2.71. The van der Waals surface area contributed by atoms with E-state index in [9.17, 15) is 9.59 Å². The smallest absolute Gasteiger partial charge is 0.260 e. The molecule has 0 N–H and O–H groups in total. The summed E-state index contributed by atoms with van der Waals surface area (Å²) in [5.74, 6) is 0.287. The summed E-state index contributed by atoms with van der Waals surface area (Å²) in [7, 11) is 1.75. The molecule has 0 aliphatic rings. The van der Waals surface area contributed by atoms with Gasteiger partial charge in [0, 0.05) is 13.6 Å². The number of likely N-dealkylation sites (N-methyl/N-ethyl adjacent to an activating group) is 1. The van der Waals surface area contributed by atoms with Crippen LogP contribution in [-0.4, -0.2) is 30.7 Å². The first-order chi connectivity index (χ1) is 12.6. The van der Waals surface area contributed by atoms with E-state index in [4.69, 9.17) is 4.74 Å². The van der Waals surface area contributed by atoms with Gasteiger partial charge in [-0.25, -0.2) is 0 Å². The second-order valence-corrected chi connectivity index (χ2v) is 6.28. The van der Waals surface area contributed by atoms with Crippen molar-refractivity contribution in [1.82, 2.24) is 4.90 Å². The molecular formula is C22H21NO3. The van der Waals surface area contributed by atoms with Crippen LogP contribution in [0.4, 0.5) is 0 Å². The van der Waals surface area contributed by atoms with Gasteiger partial charge in [0.2, 0.25) is 0 Å². The number of rotatable bonds is 6. The number of hydrogen-bond donors (Lipinski definition) is 0. The topological polar surface area (TPSA) is 46.6 Å². The number of fused-ring (bicyclic) bond motifs is 1. The number of ether oxygens (including phenoxy) is 1. The van der Waals surface area contributed by atoms with Crippen LogP contribution in [0.15, 0.2) is 60.7 Å². The maximum atomic E-state index is 12.4. The van der Waals surface area contributed by atoms with Gasteiger partial charge in [-0.15, -0.1) is 0 Å². The molecule has 0 heterocycles. The van der Waals surface area contributed by atoms with Crippen LogP contribution in [0.2, 0.25) is 0 Å². The van der Waals surface area contributed by atoms with Crippen LogP contribution < -0.4 is 4.74 Å². The molecule has 0 bridgehead atoms. The van der Waals surface area contributed by atoms with E-state index in [0.29, 0.717) is 17.9 Å².